The van der Waals surface area contributed by atoms with Gasteiger partial charge in [-0.3, -0.25) is 0 Å². The number of halogens is 2. The molecule has 1 N–H and O–H groups in total. The molecule has 0 saturated carbocycles. The van der Waals surface area contributed by atoms with Crippen LogP contribution in [0.1, 0.15) is 24.5 Å². The maximum Gasteiger partial charge on any atom is 0.146 e. The number of ether oxygens (including phenoxy) is 1. The van der Waals surface area contributed by atoms with Crippen molar-refractivity contribution in [2.24, 2.45) is 0 Å². The highest BCUT2D eigenvalue weighted by molar-refractivity contribution is 6.32. The smallest absolute Gasteiger partial charge is 0.146 e. The largest absolute Gasteiger partial charge is 0.455 e. The molecule has 0 atom stereocenters. The van der Waals surface area contributed by atoms with Crippen LogP contribution < -0.4 is 10.1 Å². The standard InChI is InChI=1S/C17H19ClFNO/c1-3-8-20-11-13-5-7-16(15(18)9-13)21-17-10-14(19)6-4-12(17)2/h4-7,9-10,20H,3,8,11H2,1-2H3. The van der Waals surface area contributed by atoms with Crippen molar-refractivity contribution in [3.63, 3.8) is 0 Å². The molecule has 0 unspecified atom stereocenters. The van der Waals surface area contributed by atoms with Crippen molar-refractivity contribution < 1.29 is 9.13 Å². The highest BCUT2D eigenvalue weighted by atomic mass is 35.5. The van der Waals surface area contributed by atoms with Crippen molar-refractivity contribution in [2.75, 3.05) is 6.54 Å². The van der Waals surface area contributed by atoms with E-state index >= 15 is 0 Å². The second kappa shape index (κ2) is 7.43. The van der Waals surface area contributed by atoms with Crippen LogP contribution in [0.15, 0.2) is 36.4 Å². The fraction of sp³-hybridized carbons (Fsp3) is 0.294. The molecule has 0 spiro atoms. The molecule has 0 heterocycles. The molecule has 0 fully saturated rings. The molecule has 0 radical (unpaired) electrons. The van der Waals surface area contributed by atoms with E-state index in [-0.39, 0.29) is 5.82 Å². The van der Waals surface area contributed by atoms with Gasteiger partial charge in [-0.15, -0.1) is 0 Å². The quantitative estimate of drug-likeness (QED) is 0.751. The number of hydrogen-bond acceptors (Lipinski definition) is 2. The van der Waals surface area contributed by atoms with Gasteiger partial charge < -0.3 is 10.1 Å². The van der Waals surface area contributed by atoms with Gasteiger partial charge in [0, 0.05) is 12.6 Å². The van der Waals surface area contributed by atoms with E-state index < -0.39 is 0 Å². The second-order valence-corrected chi connectivity index (χ2v) is 5.36. The van der Waals surface area contributed by atoms with Crippen LogP contribution >= 0.6 is 11.6 Å². The molecule has 4 heteroatoms. The number of rotatable bonds is 6. The van der Waals surface area contributed by atoms with Crippen molar-refractivity contribution in [3.05, 3.63) is 58.4 Å². The van der Waals surface area contributed by atoms with Gasteiger partial charge in [-0.2, -0.15) is 0 Å². The second-order valence-electron chi connectivity index (χ2n) is 4.95. The lowest BCUT2D eigenvalue weighted by molar-refractivity contribution is 0.473. The summed E-state index contributed by atoms with van der Waals surface area (Å²) in [5.41, 5.74) is 1.96. The van der Waals surface area contributed by atoms with Crippen LogP contribution in [0.3, 0.4) is 0 Å². The molecular weight excluding hydrogens is 289 g/mol. The van der Waals surface area contributed by atoms with Crippen LogP contribution in [0.4, 0.5) is 4.39 Å². The van der Waals surface area contributed by atoms with Gasteiger partial charge in [-0.1, -0.05) is 30.7 Å². The monoisotopic (exact) mass is 307 g/mol. The van der Waals surface area contributed by atoms with Crippen molar-refractivity contribution >= 4 is 11.6 Å². The first-order valence-corrected chi connectivity index (χ1v) is 7.41. The minimum Gasteiger partial charge on any atom is -0.455 e. The molecule has 0 aromatic heterocycles. The number of benzene rings is 2. The maximum atomic E-state index is 13.3. The number of aryl methyl sites for hydroxylation is 1. The topological polar surface area (TPSA) is 21.3 Å². The molecule has 2 rings (SSSR count). The van der Waals surface area contributed by atoms with Gasteiger partial charge in [-0.25, -0.2) is 4.39 Å². The average molecular weight is 308 g/mol. The molecule has 0 saturated heterocycles. The lowest BCUT2D eigenvalue weighted by atomic mass is 10.2. The summed E-state index contributed by atoms with van der Waals surface area (Å²) >= 11 is 6.24. The summed E-state index contributed by atoms with van der Waals surface area (Å²) in [4.78, 5) is 0. The predicted molar refractivity (Wildman–Crippen MR) is 84.7 cm³/mol. The van der Waals surface area contributed by atoms with Crippen LogP contribution in [0, 0.1) is 12.7 Å². The van der Waals surface area contributed by atoms with Crippen LogP contribution in [0.5, 0.6) is 11.5 Å². The Morgan fingerprint density at radius 3 is 2.67 bits per heavy atom. The normalized spacial score (nSPS) is 10.7. The minimum atomic E-state index is -0.327. The van der Waals surface area contributed by atoms with Crippen molar-refractivity contribution in [3.8, 4) is 11.5 Å². The van der Waals surface area contributed by atoms with Gasteiger partial charge >= 0.3 is 0 Å². The average Bonchev–Trinajstić information content (AvgIpc) is 2.46. The molecule has 0 aliphatic carbocycles. The minimum absolute atomic E-state index is 0.327. The van der Waals surface area contributed by atoms with Gasteiger partial charge in [0.15, 0.2) is 0 Å². The summed E-state index contributed by atoms with van der Waals surface area (Å²) in [5, 5.41) is 3.84. The van der Waals surface area contributed by atoms with E-state index in [1.807, 2.05) is 25.1 Å². The van der Waals surface area contributed by atoms with Gasteiger partial charge in [0.25, 0.3) is 0 Å². The Morgan fingerprint density at radius 2 is 1.95 bits per heavy atom. The van der Waals surface area contributed by atoms with E-state index in [0.717, 1.165) is 30.6 Å². The third-order valence-corrected chi connectivity index (χ3v) is 3.42. The van der Waals surface area contributed by atoms with Gasteiger partial charge in [0.2, 0.25) is 0 Å². The molecule has 112 valence electrons. The molecule has 2 aromatic rings. The summed E-state index contributed by atoms with van der Waals surface area (Å²) in [7, 11) is 0. The first-order chi connectivity index (χ1) is 10.1. The number of hydrogen-bond donors (Lipinski definition) is 1. The SMILES string of the molecule is CCCNCc1ccc(Oc2cc(F)ccc2C)c(Cl)c1. The summed E-state index contributed by atoms with van der Waals surface area (Å²) in [5.74, 6) is 0.686. The highest BCUT2D eigenvalue weighted by Crippen LogP contribution is 2.32. The predicted octanol–water partition coefficient (Wildman–Crippen LogP) is 5.08. The molecule has 2 nitrogen and oxygen atoms in total. The summed E-state index contributed by atoms with van der Waals surface area (Å²) < 4.78 is 19.0. The molecule has 0 amide bonds. The van der Waals surface area contributed by atoms with E-state index in [2.05, 4.69) is 12.2 Å². The van der Waals surface area contributed by atoms with Gasteiger partial charge in [0.1, 0.15) is 17.3 Å². The molecular formula is C17H19ClFNO. The highest BCUT2D eigenvalue weighted by Gasteiger charge is 2.07. The fourth-order valence-electron chi connectivity index (χ4n) is 1.95. The van der Waals surface area contributed by atoms with Crippen molar-refractivity contribution in [2.45, 2.75) is 26.8 Å². The van der Waals surface area contributed by atoms with E-state index in [0.29, 0.717) is 16.5 Å². The molecule has 0 aliphatic heterocycles. The Morgan fingerprint density at radius 1 is 1.14 bits per heavy atom. The molecule has 0 bridgehead atoms. The lowest BCUT2D eigenvalue weighted by Gasteiger charge is -2.11. The van der Waals surface area contributed by atoms with E-state index in [1.54, 1.807) is 6.07 Å². The Labute approximate surface area is 129 Å². The zero-order chi connectivity index (χ0) is 15.2. The van der Waals surface area contributed by atoms with Crippen LogP contribution in [-0.4, -0.2) is 6.54 Å². The first-order valence-electron chi connectivity index (χ1n) is 7.03. The number of nitrogens with one attached hydrogen (secondary N) is 1. The van der Waals surface area contributed by atoms with Crippen LogP contribution in [0.25, 0.3) is 0 Å². The maximum absolute atomic E-state index is 13.3. The lowest BCUT2D eigenvalue weighted by Crippen LogP contribution is -2.13. The van der Waals surface area contributed by atoms with E-state index in [9.17, 15) is 4.39 Å². The Balaban J connectivity index is 2.12. The zero-order valence-electron chi connectivity index (χ0n) is 12.2. The van der Waals surface area contributed by atoms with E-state index in [4.69, 9.17) is 16.3 Å². The zero-order valence-corrected chi connectivity index (χ0v) is 13.0. The Hall–Kier alpha value is -1.58. The fourth-order valence-corrected chi connectivity index (χ4v) is 2.19. The van der Waals surface area contributed by atoms with Crippen molar-refractivity contribution in [1.82, 2.24) is 5.32 Å². The summed E-state index contributed by atoms with van der Waals surface area (Å²) in [6.07, 6.45) is 1.09. The van der Waals surface area contributed by atoms with Gasteiger partial charge in [-0.05, 0) is 49.2 Å². The third-order valence-electron chi connectivity index (χ3n) is 3.12. The van der Waals surface area contributed by atoms with Gasteiger partial charge in [0.05, 0.1) is 5.02 Å². The summed E-state index contributed by atoms with van der Waals surface area (Å²) in [6, 6.07) is 10.1. The molecule has 21 heavy (non-hydrogen) atoms. The first kappa shape index (κ1) is 15.8. The van der Waals surface area contributed by atoms with Crippen LogP contribution in [0.2, 0.25) is 5.02 Å². The third kappa shape index (κ3) is 4.45. The van der Waals surface area contributed by atoms with Crippen molar-refractivity contribution in [1.29, 1.82) is 0 Å². The van der Waals surface area contributed by atoms with Crippen LogP contribution in [-0.2, 0) is 6.54 Å². The molecule has 0 aliphatic rings. The Bertz CT molecular complexity index is 616. The van der Waals surface area contributed by atoms with E-state index in [1.165, 1.54) is 12.1 Å². The molecule has 2 aromatic carbocycles. The summed E-state index contributed by atoms with van der Waals surface area (Å²) in [6.45, 7) is 5.73. The Kier molecular flexibility index (Phi) is 5.59.